The maximum atomic E-state index is 8.36. The van der Waals surface area contributed by atoms with E-state index in [2.05, 4.69) is 84.8 Å². The van der Waals surface area contributed by atoms with Crippen LogP contribution in [0.3, 0.4) is 0 Å². The van der Waals surface area contributed by atoms with Crippen LogP contribution in [0.1, 0.15) is 17.5 Å². The Morgan fingerprint density at radius 3 is 2.54 bits per heavy atom. The van der Waals surface area contributed by atoms with Crippen molar-refractivity contribution in [1.29, 1.82) is 0 Å². The first-order chi connectivity index (χ1) is 13.7. The summed E-state index contributed by atoms with van der Waals surface area (Å²) in [5, 5.41) is 9.56. The molecule has 0 saturated heterocycles. The van der Waals surface area contributed by atoms with E-state index in [0.717, 1.165) is 25.3 Å². The molecule has 1 aliphatic heterocycles. The Morgan fingerprint density at radius 2 is 1.75 bits per heavy atom. The minimum Gasteiger partial charge on any atom is -0.483 e. The Kier molecular flexibility index (Phi) is 7.29. The van der Waals surface area contributed by atoms with E-state index in [1.54, 1.807) is 0 Å². The largest absolute Gasteiger partial charge is 0.483 e. The van der Waals surface area contributed by atoms with Crippen LogP contribution >= 0.6 is 11.8 Å². The van der Waals surface area contributed by atoms with E-state index in [4.69, 9.17) is 9.90 Å². The number of thioether (sulfide) groups is 1. The van der Waals surface area contributed by atoms with Crippen LogP contribution in [0.15, 0.2) is 77.7 Å². The molecule has 0 bridgehead atoms. The summed E-state index contributed by atoms with van der Waals surface area (Å²) in [5.41, 5.74) is 4.38. The molecule has 28 heavy (non-hydrogen) atoms. The SMILES string of the molecule is CN1CC=C(c2ccccc2CSc2cccc3ccccc23)CC1.O=CO. The van der Waals surface area contributed by atoms with Gasteiger partial charge in [0.2, 0.25) is 0 Å². The van der Waals surface area contributed by atoms with Gasteiger partial charge in [-0.05, 0) is 47.0 Å². The number of fused-ring (bicyclic) bond motifs is 1. The number of hydrogen-bond donors (Lipinski definition) is 1. The zero-order valence-electron chi connectivity index (χ0n) is 16.0. The van der Waals surface area contributed by atoms with Crippen LogP contribution < -0.4 is 0 Å². The van der Waals surface area contributed by atoms with Gasteiger partial charge in [-0.3, -0.25) is 4.79 Å². The first-order valence-electron chi connectivity index (χ1n) is 9.37. The summed E-state index contributed by atoms with van der Waals surface area (Å²) in [6, 6.07) is 24.2. The lowest BCUT2D eigenvalue weighted by atomic mass is 9.96. The summed E-state index contributed by atoms with van der Waals surface area (Å²) < 4.78 is 0. The fourth-order valence-electron chi connectivity index (χ4n) is 3.45. The summed E-state index contributed by atoms with van der Waals surface area (Å²) in [6.07, 6.45) is 3.54. The lowest BCUT2D eigenvalue weighted by Crippen LogP contribution is -2.23. The second-order valence-corrected chi connectivity index (χ2v) is 7.79. The summed E-state index contributed by atoms with van der Waals surface area (Å²) in [6.45, 7) is 1.96. The van der Waals surface area contributed by atoms with Crippen LogP contribution in [0.25, 0.3) is 16.3 Å². The van der Waals surface area contributed by atoms with Crippen LogP contribution in [0.4, 0.5) is 0 Å². The van der Waals surface area contributed by atoms with Crippen molar-refractivity contribution in [3.8, 4) is 0 Å². The van der Waals surface area contributed by atoms with Crippen molar-refractivity contribution in [1.82, 2.24) is 4.90 Å². The van der Waals surface area contributed by atoms with Crippen molar-refractivity contribution in [2.24, 2.45) is 0 Å². The van der Waals surface area contributed by atoms with Gasteiger partial charge in [0, 0.05) is 23.7 Å². The number of likely N-dealkylation sites (N-methyl/N-ethyl adjacent to an activating group) is 1. The molecule has 1 heterocycles. The minimum absolute atomic E-state index is 0.250. The number of hydrogen-bond acceptors (Lipinski definition) is 3. The molecule has 3 aromatic rings. The van der Waals surface area contributed by atoms with Crippen LogP contribution in [0, 0.1) is 0 Å². The van der Waals surface area contributed by atoms with Gasteiger partial charge in [0.05, 0.1) is 0 Å². The number of benzene rings is 3. The summed E-state index contributed by atoms with van der Waals surface area (Å²) in [5.74, 6) is 1.01. The van der Waals surface area contributed by atoms with Gasteiger partial charge in [-0.1, -0.05) is 66.7 Å². The normalized spacial score (nSPS) is 14.1. The molecule has 0 saturated carbocycles. The lowest BCUT2D eigenvalue weighted by Gasteiger charge is -2.23. The second kappa shape index (κ2) is 10.1. The van der Waals surface area contributed by atoms with Crippen LogP contribution in [-0.2, 0) is 10.5 Å². The first kappa shape index (κ1) is 20.2. The number of carbonyl (C=O) groups is 1. The highest BCUT2D eigenvalue weighted by Gasteiger charge is 2.13. The summed E-state index contributed by atoms with van der Waals surface area (Å²) in [7, 11) is 2.19. The maximum absolute atomic E-state index is 8.36. The van der Waals surface area contributed by atoms with Crippen LogP contribution in [-0.4, -0.2) is 36.6 Å². The Morgan fingerprint density at radius 1 is 1.04 bits per heavy atom. The third-order valence-electron chi connectivity index (χ3n) is 4.91. The van der Waals surface area contributed by atoms with Gasteiger partial charge in [0.25, 0.3) is 6.47 Å². The molecule has 0 aromatic heterocycles. The molecular formula is C24H25NO2S. The van der Waals surface area contributed by atoms with E-state index in [9.17, 15) is 0 Å². The highest BCUT2D eigenvalue weighted by atomic mass is 32.2. The molecule has 3 nitrogen and oxygen atoms in total. The van der Waals surface area contributed by atoms with Gasteiger partial charge in [0.1, 0.15) is 0 Å². The van der Waals surface area contributed by atoms with Gasteiger partial charge < -0.3 is 10.0 Å². The minimum atomic E-state index is -0.250. The van der Waals surface area contributed by atoms with Crippen molar-refractivity contribution in [3.05, 3.63) is 83.9 Å². The first-order valence-corrected chi connectivity index (χ1v) is 10.4. The van der Waals surface area contributed by atoms with E-state index in [1.165, 1.54) is 32.4 Å². The van der Waals surface area contributed by atoms with Gasteiger partial charge in [-0.15, -0.1) is 11.8 Å². The van der Waals surface area contributed by atoms with Crippen LogP contribution in [0.2, 0.25) is 0 Å². The van der Waals surface area contributed by atoms with E-state index in [-0.39, 0.29) is 6.47 Å². The van der Waals surface area contributed by atoms with Crippen LogP contribution in [0.5, 0.6) is 0 Å². The molecule has 144 valence electrons. The molecule has 1 aliphatic rings. The molecule has 0 fully saturated rings. The zero-order chi connectivity index (χ0) is 19.8. The number of nitrogens with zero attached hydrogens (tertiary/aromatic N) is 1. The Balaban J connectivity index is 0.000000706. The topological polar surface area (TPSA) is 40.5 Å². The maximum Gasteiger partial charge on any atom is 0.290 e. The predicted molar refractivity (Wildman–Crippen MR) is 119 cm³/mol. The molecule has 0 radical (unpaired) electrons. The van der Waals surface area contributed by atoms with Gasteiger partial charge in [-0.25, -0.2) is 0 Å². The van der Waals surface area contributed by atoms with E-state index >= 15 is 0 Å². The molecule has 0 unspecified atom stereocenters. The lowest BCUT2D eigenvalue weighted by molar-refractivity contribution is -0.122. The molecular weight excluding hydrogens is 366 g/mol. The average molecular weight is 392 g/mol. The Bertz CT molecular complexity index is 962. The van der Waals surface area contributed by atoms with Crippen molar-refractivity contribution < 1.29 is 9.90 Å². The van der Waals surface area contributed by atoms with Crippen molar-refractivity contribution in [3.63, 3.8) is 0 Å². The van der Waals surface area contributed by atoms with Gasteiger partial charge in [0.15, 0.2) is 0 Å². The number of carboxylic acid groups (broad SMARTS) is 1. The molecule has 4 rings (SSSR count). The molecule has 0 amide bonds. The van der Waals surface area contributed by atoms with E-state index in [1.807, 2.05) is 11.8 Å². The molecule has 0 spiro atoms. The fraction of sp³-hybridized carbons (Fsp3) is 0.208. The zero-order valence-corrected chi connectivity index (χ0v) is 16.9. The highest BCUT2D eigenvalue weighted by molar-refractivity contribution is 7.98. The molecule has 0 aliphatic carbocycles. The third kappa shape index (κ3) is 5.03. The predicted octanol–water partition coefficient (Wildman–Crippen LogP) is 5.55. The van der Waals surface area contributed by atoms with Gasteiger partial charge in [-0.2, -0.15) is 0 Å². The van der Waals surface area contributed by atoms with E-state index in [0.29, 0.717) is 0 Å². The monoisotopic (exact) mass is 391 g/mol. The van der Waals surface area contributed by atoms with Crippen molar-refractivity contribution >= 4 is 34.6 Å². The Hall–Kier alpha value is -2.56. The fourth-order valence-corrected chi connectivity index (χ4v) is 4.53. The average Bonchev–Trinajstić information content (AvgIpc) is 2.74. The molecule has 4 heteroatoms. The summed E-state index contributed by atoms with van der Waals surface area (Å²) >= 11 is 1.94. The second-order valence-electron chi connectivity index (χ2n) is 6.77. The third-order valence-corrected chi connectivity index (χ3v) is 6.03. The molecule has 1 N–H and O–H groups in total. The van der Waals surface area contributed by atoms with E-state index < -0.39 is 0 Å². The smallest absolute Gasteiger partial charge is 0.290 e. The molecule has 3 aromatic carbocycles. The van der Waals surface area contributed by atoms with Crippen molar-refractivity contribution in [2.75, 3.05) is 20.1 Å². The molecule has 0 atom stereocenters. The van der Waals surface area contributed by atoms with Gasteiger partial charge >= 0.3 is 0 Å². The summed E-state index contributed by atoms with van der Waals surface area (Å²) in [4.78, 5) is 12.1. The van der Waals surface area contributed by atoms with Crippen molar-refractivity contribution in [2.45, 2.75) is 17.1 Å². The standard InChI is InChI=1S/C23H23NS.CH2O2/c1-24-15-13-19(14-16-24)21-10-4-3-8-20(21)17-25-23-12-6-9-18-7-2-5-11-22(18)23;2-1-3/h2-13H,14-17H2,1H3;1H,(H,2,3). The quantitative estimate of drug-likeness (QED) is 0.467. The number of rotatable bonds is 4. The Labute approximate surface area is 170 Å². The highest BCUT2D eigenvalue weighted by Crippen LogP contribution is 2.33.